The highest BCUT2D eigenvalue weighted by Gasteiger charge is 2.14. The van der Waals surface area contributed by atoms with E-state index in [1.807, 2.05) is 24.3 Å². The number of amides is 1. The van der Waals surface area contributed by atoms with Crippen molar-refractivity contribution in [3.8, 4) is 0 Å². The van der Waals surface area contributed by atoms with Crippen molar-refractivity contribution in [2.45, 2.75) is 19.4 Å². The first-order valence-electron chi connectivity index (χ1n) is 6.64. The van der Waals surface area contributed by atoms with Crippen LogP contribution in [0.2, 0.25) is 0 Å². The van der Waals surface area contributed by atoms with Crippen LogP contribution in [0, 0.1) is 0 Å². The molecule has 2 rings (SSSR count). The van der Waals surface area contributed by atoms with Crippen LogP contribution in [0.3, 0.4) is 0 Å². The third-order valence-corrected chi connectivity index (χ3v) is 3.17. The Morgan fingerprint density at radius 1 is 1.32 bits per heavy atom. The lowest BCUT2D eigenvalue weighted by atomic mass is 10.1. The van der Waals surface area contributed by atoms with Gasteiger partial charge in [0.25, 0.3) is 0 Å². The minimum atomic E-state index is -0.525. The Hall–Kier alpha value is -1.59. The van der Waals surface area contributed by atoms with E-state index in [-0.39, 0.29) is 13.2 Å². The molecule has 1 amide bonds. The van der Waals surface area contributed by atoms with Gasteiger partial charge in [-0.25, -0.2) is 4.79 Å². The number of benzene rings is 1. The minimum absolute atomic E-state index is 0.0140. The zero-order valence-electron chi connectivity index (χ0n) is 11.0. The van der Waals surface area contributed by atoms with Gasteiger partial charge in [-0.2, -0.15) is 0 Å². The molecular weight excluding hydrogens is 244 g/mol. The number of carbonyl (C=O) groups excluding carboxylic acids is 1. The van der Waals surface area contributed by atoms with Crippen LogP contribution < -0.4 is 5.32 Å². The number of nitrogens with one attached hydrogen (secondary N) is 1. The van der Waals surface area contributed by atoms with Crippen LogP contribution >= 0.6 is 0 Å². The molecule has 1 saturated heterocycles. The Bertz CT molecular complexity index is 417. The first-order valence-corrected chi connectivity index (χ1v) is 6.64. The summed E-state index contributed by atoms with van der Waals surface area (Å²) in [6.45, 7) is 2.92. The summed E-state index contributed by atoms with van der Waals surface area (Å²) in [6.07, 6.45) is 1.96. The monoisotopic (exact) mass is 264 g/mol. The SMILES string of the molecule is O=C(Nc1ccccc1CN1CCCC1)OCCO. The van der Waals surface area contributed by atoms with Crippen molar-refractivity contribution in [3.63, 3.8) is 0 Å². The Labute approximate surface area is 113 Å². The average Bonchev–Trinajstić information content (AvgIpc) is 2.91. The van der Waals surface area contributed by atoms with Gasteiger partial charge in [0.2, 0.25) is 0 Å². The van der Waals surface area contributed by atoms with E-state index in [1.165, 1.54) is 12.8 Å². The lowest BCUT2D eigenvalue weighted by molar-refractivity contribution is 0.131. The molecule has 1 heterocycles. The molecular formula is C14H20N2O3. The molecule has 2 N–H and O–H groups in total. The number of likely N-dealkylation sites (tertiary alicyclic amines) is 1. The summed E-state index contributed by atoms with van der Waals surface area (Å²) in [5.74, 6) is 0. The molecule has 1 aliphatic heterocycles. The predicted octanol–water partition coefficient (Wildman–Crippen LogP) is 1.82. The van der Waals surface area contributed by atoms with Crippen molar-refractivity contribution in [1.29, 1.82) is 0 Å². The number of rotatable bonds is 5. The molecule has 0 saturated carbocycles. The smallest absolute Gasteiger partial charge is 0.411 e. The van der Waals surface area contributed by atoms with E-state index in [0.717, 1.165) is 30.9 Å². The number of para-hydroxylation sites is 1. The van der Waals surface area contributed by atoms with Crippen molar-refractivity contribution in [2.75, 3.05) is 31.6 Å². The van der Waals surface area contributed by atoms with Crippen LogP contribution in [0.4, 0.5) is 10.5 Å². The van der Waals surface area contributed by atoms with Crippen LogP contribution in [0.5, 0.6) is 0 Å². The number of carbonyl (C=O) groups is 1. The lowest BCUT2D eigenvalue weighted by Gasteiger charge is -2.17. The molecule has 0 aliphatic carbocycles. The molecule has 0 spiro atoms. The van der Waals surface area contributed by atoms with Gasteiger partial charge in [-0.05, 0) is 37.6 Å². The van der Waals surface area contributed by atoms with E-state index >= 15 is 0 Å². The van der Waals surface area contributed by atoms with E-state index < -0.39 is 6.09 Å². The van der Waals surface area contributed by atoms with Gasteiger partial charge in [0.05, 0.1) is 6.61 Å². The molecule has 0 unspecified atom stereocenters. The average molecular weight is 264 g/mol. The summed E-state index contributed by atoms with van der Waals surface area (Å²) in [5.41, 5.74) is 1.86. The third kappa shape index (κ3) is 4.22. The maximum absolute atomic E-state index is 11.5. The van der Waals surface area contributed by atoms with Gasteiger partial charge in [-0.1, -0.05) is 18.2 Å². The van der Waals surface area contributed by atoms with Crippen molar-refractivity contribution >= 4 is 11.8 Å². The van der Waals surface area contributed by atoms with Crippen LogP contribution in [0.1, 0.15) is 18.4 Å². The maximum Gasteiger partial charge on any atom is 0.411 e. The molecule has 104 valence electrons. The number of nitrogens with zero attached hydrogens (tertiary/aromatic N) is 1. The number of anilines is 1. The number of hydrogen-bond donors (Lipinski definition) is 2. The van der Waals surface area contributed by atoms with Crippen LogP contribution in [0.15, 0.2) is 24.3 Å². The van der Waals surface area contributed by atoms with Gasteiger partial charge in [0.15, 0.2) is 0 Å². The second-order valence-electron chi connectivity index (χ2n) is 4.62. The summed E-state index contributed by atoms with van der Waals surface area (Å²) in [5, 5.41) is 11.3. The van der Waals surface area contributed by atoms with Crippen LogP contribution in [-0.4, -0.2) is 42.4 Å². The number of ether oxygens (including phenoxy) is 1. The fraction of sp³-hybridized carbons (Fsp3) is 0.500. The highest BCUT2D eigenvalue weighted by molar-refractivity contribution is 5.85. The first-order chi connectivity index (χ1) is 9.29. The Morgan fingerprint density at radius 2 is 2.05 bits per heavy atom. The zero-order chi connectivity index (χ0) is 13.5. The van der Waals surface area contributed by atoms with Gasteiger partial charge in [-0.3, -0.25) is 10.2 Å². The Kier molecular flexibility index (Phi) is 5.18. The van der Waals surface area contributed by atoms with E-state index in [1.54, 1.807) is 0 Å². The number of hydrogen-bond acceptors (Lipinski definition) is 4. The normalized spacial score (nSPS) is 15.4. The van der Waals surface area contributed by atoms with Crippen LogP contribution in [-0.2, 0) is 11.3 Å². The molecule has 5 heteroatoms. The summed E-state index contributed by atoms with van der Waals surface area (Å²) < 4.78 is 4.81. The predicted molar refractivity (Wildman–Crippen MR) is 73.0 cm³/mol. The summed E-state index contributed by atoms with van der Waals surface area (Å²) in [4.78, 5) is 13.9. The zero-order valence-corrected chi connectivity index (χ0v) is 11.0. The second-order valence-corrected chi connectivity index (χ2v) is 4.62. The Balaban J connectivity index is 1.97. The van der Waals surface area contributed by atoms with Crippen molar-refractivity contribution < 1.29 is 14.6 Å². The fourth-order valence-electron chi connectivity index (χ4n) is 2.25. The summed E-state index contributed by atoms with van der Waals surface area (Å²) >= 11 is 0. The summed E-state index contributed by atoms with van der Waals surface area (Å²) in [6, 6.07) is 7.73. The molecule has 0 atom stereocenters. The molecule has 1 fully saturated rings. The van der Waals surface area contributed by atoms with Gasteiger partial charge in [0.1, 0.15) is 6.61 Å². The van der Waals surface area contributed by atoms with E-state index in [9.17, 15) is 4.79 Å². The van der Waals surface area contributed by atoms with Gasteiger partial charge >= 0.3 is 6.09 Å². The fourth-order valence-corrected chi connectivity index (χ4v) is 2.25. The molecule has 0 bridgehead atoms. The maximum atomic E-state index is 11.5. The second kappa shape index (κ2) is 7.11. The highest BCUT2D eigenvalue weighted by atomic mass is 16.6. The molecule has 0 aromatic heterocycles. The van der Waals surface area contributed by atoms with E-state index in [4.69, 9.17) is 9.84 Å². The first kappa shape index (κ1) is 13.8. The quantitative estimate of drug-likeness (QED) is 0.851. The Morgan fingerprint density at radius 3 is 2.79 bits per heavy atom. The van der Waals surface area contributed by atoms with Crippen LogP contribution in [0.25, 0.3) is 0 Å². The van der Waals surface area contributed by atoms with E-state index in [0.29, 0.717) is 0 Å². The topological polar surface area (TPSA) is 61.8 Å². The molecule has 0 radical (unpaired) electrons. The summed E-state index contributed by atoms with van der Waals surface area (Å²) in [7, 11) is 0. The number of aliphatic hydroxyl groups is 1. The molecule has 5 nitrogen and oxygen atoms in total. The molecule has 1 aliphatic rings. The minimum Gasteiger partial charge on any atom is -0.447 e. The molecule has 1 aromatic rings. The van der Waals surface area contributed by atoms with Gasteiger partial charge in [0, 0.05) is 12.2 Å². The van der Waals surface area contributed by atoms with Crippen molar-refractivity contribution in [3.05, 3.63) is 29.8 Å². The van der Waals surface area contributed by atoms with E-state index in [2.05, 4.69) is 10.2 Å². The van der Waals surface area contributed by atoms with Crippen molar-refractivity contribution in [1.82, 2.24) is 4.90 Å². The van der Waals surface area contributed by atoms with Gasteiger partial charge < -0.3 is 9.84 Å². The lowest BCUT2D eigenvalue weighted by Crippen LogP contribution is -2.21. The largest absolute Gasteiger partial charge is 0.447 e. The molecule has 19 heavy (non-hydrogen) atoms. The van der Waals surface area contributed by atoms with Crippen molar-refractivity contribution in [2.24, 2.45) is 0 Å². The highest BCUT2D eigenvalue weighted by Crippen LogP contribution is 2.20. The number of aliphatic hydroxyl groups excluding tert-OH is 1. The molecule has 1 aromatic carbocycles. The third-order valence-electron chi connectivity index (χ3n) is 3.17. The standard InChI is InChI=1S/C14H20N2O3/c17-9-10-19-14(18)15-13-6-2-1-5-12(13)11-16-7-3-4-8-16/h1-2,5-6,17H,3-4,7-11H2,(H,15,18). The van der Waals surface area contributed by atoms with Gasteiger partial charge in [-0.15, -0.1) is 0 Å².